The van der Waals surface area contributed by atoms with Crippen molar-refractivity contribution in [2.75, 3.05) is 25.6 Å². The van der Waals surface area contributed by atoms with Gasteiger partial charge in [0.05, 0.1) is 7.11 Å². The average Bonchev–Trinajstić information content (AvgIpc) is 3.36. The molecule has 0 bridgehead atoms. The number of anilines is 1. The lowest BCUT2D eigenvalue weighted by Gasteiger charge is -2.26. The van der Waals surface area contributed by atoms with E-state index in [1.54, 1.807) is 41.3 Å². The number of nitrogens with one attached hydrogen (secondary N) is 1. The van der Waals surface area contributed by atoms with Gasteiger partial charge in [-0.15, -0.1) is 4.40 Å². The van der Waals surface area contributed by atoms with Gasteiger partial charge in [-0.2, -0.15) is 8.42 Å². The van der Waals surface area contributed by atoms with Crippen LogP contribution in [0.25, 0.3) is 0 Å². The van der Waals surface area contributed by atoms with Crippen molar-refractivity contribution in [3.8, 4) is 5.75 Å². The largest absolute Gasteiger partial charge is 0.482 e. The molecular weight excluding hydrogens is 434 g/mol. The van der Waals surface area contributed by atoms with Crippen LogP contribution in [0.4, 0.5) is 5.69 Å². The molecule has 2 heterocycles. The molecular formula is C22H23N3O6S. The Bertz CT molecular complexity index is 1210. The van der Waals surface area contributed by atoms with E-state index in [4.69, 9.17) is 4.74 Å². The summed E-state index contributed by atoms with van der Waals surface area (Å²) in [6.45, 7) is 2.15. The van der Waals surface area contributed by atoms with E-state index >= 15 is 0 Å². The molecule has 4 rings (SSSR count). The Morgan fingerprint density at radius 1 is 1.22 bits per heavy atom. The number of aryl methyl sites for hydroxylation is 1. The maximum Gasteiger partial charge on any atom is 0.343 e. The Labute approximate surface area is 186 Å². The Hall–Kier alpha value is -3.40. The van der Waals surface area contributed by atoms with Crippen LogP contribution in [0.5, 0.6) is 5.75 Å². The third-order valence-electron chi connectivity index (χ3n) is 5.48. The Balaban J connectivity index is 1.50. The molecule has 0 radical (unpaired) electrons. The molecule has 1 amide bonds. The van der Waals surface area contributed by atoms with Crippen molar-refractivity contribution in [3.05, 3.63) is 53.6 Å². The molecule has 168 valence electrons. The molecule has 1 saturated heterocycles. The van der Waals surface area contributed by atoms with Crippen LogP contribution in [0.2, 0.25) is 0 Å². The van der Waals surface area contributed by atoms with E-state index in [9.17, 15) is 18.0 Å². The van der Waals surface area contributed by atoms with Gasteiger partial charge in [-0.05, 0) is 55.7 Å². The van der Waals surface area contributed by atoms with Gasteiger partial charge in [0.15, 0.2) is 12.4 Å². The number of carbonyl (C=O) groups excluding carboxylic acids is 2. The third-order valence-corrected chi connectivity index (χ3v) is 6.81. The van der Waals surface area contributed by atoms with E-state index in [1.807, 2.05) is 6.92 Å². The molecule has 1 atom stereocenters. The van der Waals surface area contributed by atoms with Crippen LogP contribution in [0.1, 0.15) is 24.0 Å². The first kappa shape index (κ1) is 21.8. The standard InChI is InChI=1S/C22H23N3O6S/c1-14-12-15(31-13-20(26)30-2)9-10-17(14)23-22(27)18-7-5-11-25(18)21-16-6-3-4-8-19(16)32(28,29)24-21/h3-4,6,8-10,12,18H,5,7,11,13H2,1-2H3,(H,23,27)/t18-/m0/s1. The molecule has 32 heavy (non-hydrogen) atoms. The molecule has 0 aliphatic carbocycles. The number of ether oxygens (including phenoxy) is 2. The van der Waals surface area contributed by atoms with Crippen molar-refractivity contribution in [2.24, 2.45) is 4.40 Å². The number of methoxy groups -OCH3 is 1. The van der Waals surface area contributed by atoms with Gasteiger partial charge in [-0.3, -0.25) is 4.79 Å². The number of amides is 1. The summed E-state index contributed by atoms with van der Waals surface area (Å²) < 4.78 is 38.7. The van der Waals surface area contributed by atoms with Gasteiger partial charge >= 0.3 is 5.97 Å². The molecule has 2 aromatic carbocycles. The molecule has 0 spiro atoms. The van der Waals surface area contributed by atoms with E-state index < -0.39 is 22.0 Å². The molecule has 2 aliphatic rings. The summed E-state index contributed by atoms with van der Waals surface area (Å²) >= 11 is 0. The zero-order valence-corrected chi connectivity index (χ0v) is 18.5. The third kappa shape index (κ3) is 4.18. The summed E-state index contributed by atoms with van der Waals surface area (Å²) in [5.74, 6) is 0.0788. The molecule has 2 aliphatic heterocycles. The second-order valence-electron chi connectivity index (χ2n) is 7.57. The lowest BCUT2D eigenvalue weighted by atomic mass is 10.1. The SMILES string of the molecule is COC(=O)COc1ccc(NC(=O)[C@@H]2CCCN2C2=NS(=O)(=O)c3ccccc32)c(C)c1. The Morgan fingerprint density at radius 2 is 2.00 bits per heavy atom. The summed E-state index contributed by atoms with van der Waals surface area (Å²) in [5, 5.41) is 2.92. The molecule has 2 aromatic rings. The van der Waals surface area contributed by atoms with Crippen LogP contribution in [0.3, 0.4) is 0 Å². The minimum absolute atomic E-state index is 0.166. The monoisotopic (exact) mass is 457 g/mol. The predicted molar refractivity (Wildman–Crippen MR) is 117 cm³/mol. The molecule has 0 unspecified atom stereocenters. The van der Waals surface area contributed by atoms with Gasteiger partial charge in [-0.1, -0.05) is 12.1 Å². The number of rotatable bonds is 5. The smallest absolute Gasteiger partial charge is 0.343 e. The van der Waals surface area contributed by atoms with E-state index in [1.165, 1.54) is 13.2 Å². The number of hydrogen-bond donors (Lipinski definition) is 1. The Morgan fingerprint density at radius 3 is 2.75 bits per heavy atom. The maximum absolute atomic E-state index is 13.1. The summed E-state index contributed by atoms with van der Waals surface area (Å²) in [5.41, 5.74) is 1.89. The first-order valence-electron chi connectivity index (χ1n) is 10.1. The molecule has 9 nitrogen and oxygen atoms in total. The van der Waals surface area contributed by atoms with Crippen LogP contribution in [-0.2, 0) is 24.3 Å². The number of carbonyl (C=O) groups is 2. The lowest BCUT2D eigenvalue weighted by molar-refractivity contribution is -0.142. The lowest BCUT2D eigenvalue weighted by Crippen LogP contribution is -2.43. The zero-order valence-electron chi connectivity index (χ0n) is 17.7. The van der Waals surface area contributed by atoms with E-state index in [2.05, 4.69) is 14.5 Å². The number of amidine groups is 1. The van der Waals surface area contributed by atoms with Gasteiger partial charge in [0.2, 0.25) is 5.91 Å². The molecule has 0 saturated carbocycles. The molecule has 0 aromatic heterocycles. The number of hydrogen-bond acceptors (Lipinski definition) is 7. The number of fused-ring (bicyclic) bond motifs is 1. The number of nitrogens with zero attached hydrogens (tertiary/aromatic N) is 2. The van der Waals surface area contributed by atoms with E-state index in [-0.39, 0.29) is 17.4 Å². The number of benzene rings is 2. The molecule has 1 N–H and O–H groups in total. The fourth-order valence-corrected chi connectivity index (χ4v) is 5.09. The van der Waals surface area contributed by atoms with Crippen molar-refractivity contribution >= 4 is 33.4 Å². The topological polar surface area (TPSA) is 114 Å². The van der Waals surface area contributed by atoms with Gasteiger partial charge in [0.1, 0.15) is 16.7 Å². The van der Waals surface area contributed by atoms with Gasteiger partial charge in [-0.25, -0.2) is 4.79 Å². The summed E-state index contributed by atoms with van der Waals surface area (Å²) in [6, 6.07) is 11.2. The minimum atomic E-state index is -3.76. The number of likely N-dealkylation sites (tertiary alicyclic amines) is 1. The fourth-order valence-electron chi connectivity index (χ4n) is 3.87. The van der Waals surface area contributed by atoms with E-state index in [0.29, 0.717) is 35.8 Å². The maximum atomic E-state index is 13.1. The van der Waals surface area contributed by atoms with E-state index in [0.717, 1.165) is 12.0 Å². The Kier molecular flexibility index (Phi) is 5.88. The van der Waals surface area contributed by atoms with Crippen molar-refractivity contribution in [1.29, 1.82) is 0 Å². The number of esters is 1. The van der Waals surface area contributed by atoms with Crippen molar-refractivity contribution in [3.63, 3.8) is 0 Å². The second kappa shape index (κ2) is 8.62. The fraction of sp³-hybridized carbons (Fsp3) is 0.318. The van der Waals surface area contributed by atoms with Crippen molar-refractivity contribution in [1.82, 2.24) is 4.90 Å². The van der Waals surface area contributed by atoms with Gasteiger partial charge < -0.3 is 19.7 Å². The summed E-state index contributed by atoms with van der Waals surface area (Å²) in [4.78, 5) is 26.3. The average molecular weight is 458 g/mol. The highest BCUT2D eigenvalue weighted by Crippen LogP contribution is 2.31. The van der Waals surface area contributed by atoms with Crippen LogP contribution in [-0.4, -0.2) is 57.3 Å². The first-order chi connectivity index (χ1) is 15.3. The normalized spacial score (nSPS) is 18.6. The second-order valence-corrected chi connectivity index (χ2v) is 9.14. The highest BCUT2D eigenvalue weighted by Gasteiger charge is 2.39. The minimum Gasteiger partial charge on any atom is -0.482 e. The van der Waals surface area contributed by atoms with Crippen LogP contribution in [0.15, 0.2) is 51.8 Å². The van der Waals surface area contributed by atoms with Crippen molar-refractivity contribution < 1.29 is 27.5 Å². The highest BCUT2D eigenvalue weighted by atomic mass is 32.2. The first-order valence-corrected chi connectivity index (χ1v) is 11.6. The quantitative estimate of drug-likeness (QED) is 0.684. The molecule has 10 heteroatoms. The molecule has 1 fully saturated rings. The zero-order chi connectivity index (χ0) is 22.9. The summed E-state index contributed by atoms with van der Waals surface area (Å²) in [6.07, 6.45) is 1.34. The van der Waals surface area contributed by atoms with Crippen LogP contribution >= 0.6 is 0 Å². The highest BCUT2D eigenvalue weighted by molar-refractivity contribution is 7.90. The summed E-state index contributed by atoms with van der Waals surface area (Å²) in [7, 11) is -2.47. The number of sulfonamides is 1. The van der Waals surface area contributed by atoms with Crippen LogP contribution in [0, 0.1) is 6.92 Å². The predicted octanol–water partition coefficient (Wildman–Crippen LogP) is 2.10. The van der Waals surface area contributed by atoms with Crippen LogP contribution < -0.4 is 10.1 Å². The van der Waals surface area contributed by atoms with Gasteiger partial charge in [0.25, 0.3) is 10.0 Å². The van der Waals surface area contributed by atoms with Gasteiger partial charge in [0, 0.05) is 17.8 Å². The van der Waals surface area contributed by atoms with Crippen molar-refractivity contribution in [2.45, 2.75) is 30.7 Å².